The summed E-state index contributed by atoms with van der Waals surface area (Å²) in [6, 6.07) is 12.5. The minimum Gasteiger partial charge on any atom is -0.627 e. The molecule has 0 spiro atoms. The Morgan fingerprint density at radius 2 is 1.60 bits per heavy atom. The Morgan fingerprint density at radius 1 is 0.977 bits per heavy atom. The van der Waals surface area contributed by atoms with Crippen LogP contribution in [0.4, 0.5) is 0 Å². The van der Waals surface area contributed by atoms with Gasteiger partial charge in [0, 0.05) is 20.0 Å². The first-order valence-electron chi connectivity index (χ1n) is 14.0. The number of hydrogen-bond acceptors (Lipinski definition) is 9. The number of nitrogens with zero attached hydrogens (tertiary/aromatic N) is 2. The van der Waals surface area contributed by atoms with Crippen LogP contribution in [0.15, 0.2) is 54.6 Å². The van der Waals surface area contributed by atoms with E-state index in [1.165, 1.54) is 35.8 Å². The maximum Gasteiger partial charge on any atom is 0.335 e. The predicted molar refractivity (Wildman–Crippen MR) is 167 cm³/mol. The molecule has 0 fully saturated rings. The molecule has 4 atom stereocenters. The lowest BCUT2D eigenvalue weighted by molar-refractivity contribution is -0.766. The third-order valence-corrected chi connectivity index (χ3v) is 7.53. The van der Waals surface area contributed by atoms with E-state index in [-0.39, 0.29) is 25.1 Å². The van der Waals surface area contributed by atoms with E-state index >= 15 is 0 Å². The number of likely N-dealkylation sites (N-methyl/N-ethyl adjacent to an activating group) is 2. The van der Waals surface area contributed by atoms with E-state index in [2.05, 4.69) is 10.6 Å². The summed E-state index contributed by atoms with van der Waals surface area (Å²) in [5.41, 5.74) is 7.61. The largest absolute Gasteiger partial charge is 0.627 e. The number of nitrogens with one attached hydrogen (secondary N) is 3. The smallest absolute Gasteiger partial charge is 0.335 e. The van der Waals surface area contributed by atoms with Crippen molar-refractivity contribution in [3.63, 3.8) is 0 Å². The lowest BCUT2D eigenvalue weighted by Gasteiger charge is -2.31. The average molecular weight is 617 g/mol. The number of aromatic hydroxyl groups is 1. The quantitative estimate of drug-likeness (QED) is 0.142. The Bertz CT molecular complexity index is 1180. The van der Waals surface area contributed by atoms with Crippen molar-refractivity contribution in [1.82, 2.24) is 20.4 Å². The molecule has 2 aromatic carbocycles. The summed E-state index contributed by atoms with van der Waals surface area (Å²) in [5, 5.41) is 26.8. The van der Waals surface area contributed by atoms with Crippen molar-refractivity contribution < 1.29 is 29.3 Å². The Morgan fingerprint density at radius 3 is 2.21 bits per heavy atom. The van der Waals surface area contributed by atoms with Gasteiger partial charge >= 0.3 is 5.91 Å². The number of thioether (sulfide) groups is 1. The molecule has 0 bridgehead atoms. The van der Waals surface area contributed by atoms with Crippen molar-refractivity contribution in [3.8, 4) is 5.75 Å². The average Bonchev–Trinajstić information content (AvgIpc) is 2.99. The minimum atomic E-state index is -1.04. The van der Waals surface area contributed by atoms with Crippen molar-refractivity contribution in [3.05, 3.63) is 70.9 Å². The fourth-order valence-electron chi connectivity index (χ4n) is 4.22. The number of phenolic OH excluding ortho intramolecular Hbond substituents is 1. The van der Waals surface area contributed by atoms with Crippen LogP contribution in [-0.4, -0.2) is 109 Å². The number of hydroxylamine groups is 2. The summed E-state index contributed by atoms with van der Waals surface area (Å²) in [4.78, 5) is 55.3. The highest BCUT2D eigenvalue weighted by atomic mass is 32.2. The molecule has 236 valence electrons. The lowest BCUT2D eigenvalue weighted by Crippen LogP contribution is -3.12. The highest BCUT2D eigenvalue weighted by Crippen LogP contribution is 2.12. The molecule has 0 heterocycles. The van der Waals surface area contributed by atoms with Crippen molar-refractivity contribution in [1.29, 1.82) is 0 Å². The number of quaternary nitrogens is 1. The summed E-state index contributed by atoms with van der Waals surface area (Å²) in [6.07, 6.45) is 2.53. The van der Waals surface area contributed by atoms with Gasteiger partial charge in [-0.15, -0.1) is 0 Å². The van der Waals surface area contributed by atoms with Gasteiger partial charge in [-0.3, -0.25) is 14.4 Å². The summed E-state index contributed by atoms with van der Waals surface area (Å²) < 4.78 is 0. The predicted octanol–water partition coefficient (Wildman–Crippen LogP) is -0.843. The molecule has 4 amide bonds. The molecule has 0 aromatic heterocycles. The Kier molecular flexibility index (Phi) is 15.1. The molecule has 0 saturated heterocycles. The number of amides is 4. The first-order valence-corrected chi connectivity index (χ1v) is 15.4. The van der Waals surface area contributed by atoms with Gasteiger partial charge < -0.3 is 41.5 Å². The fourth-order valence-corrected chi connectivity index (χ4v) is 4.69. The van der Waals surface area contributed by atoms with Crippen molar-refractivity contribution in [2.75, 3.05) is 52.8 Å². The van der Waals surface area contributed by atoms with Crippen LogP contribution in [0.25, 0.3) is 0 Å². The molecule has 6 N–H and O–H groups in total. The summed E-state index contributed by atoms with van der Waals surface area (Å²) in [7, 11) is 5.04. The molecular weight excluding hydrogens is 572 g/mol. The lowest BCUT2D eigenvalue weighted by atomic mass is 10.0. The molecule has 0 radical (unpaired) electrons. The molecule has 0 aliphatic carbocycles. The number of rotatable bonds is 17. The van der Waals surface area contributed by atoms with Gasteiger partial charge in [0.25, 0.3) is 0 Å². The summed E-state index contributed by atoms with van der Waals surface area (Å²) >= 11 is 1.50. The van der Waals surface area contributed by atoms with Crippen LogP contribution in [0.3, 0.4) is 0 Å². The van der Waals surface area contributed by atoms with Crippen LogP contribution < -0.4 is 21.4 Å². The Hall–Kier alpha value is -3.49. The van der Waals surface area contributed by atoms with Gasteiger partial charge in [0.2, 0.25) is 17.7 Å². The van der Waals surface area contributed by atoms with Crippen LogP contribution in [0.2, 0.25) is 0 Å². The summed E-state index contributed by atoms with van der Waals surface area (Å²) in [6.45, 7) is 0.00464. The molecule has 1 unspecified atom stereocenters. The van der Waals surface area contributed by atoms with Crippen molar-refractivity contribution in [2.45, 2.75) is 37.4 Å². The van der Waals surface area contributed by atoms with Gasteiger partial charge in [0.15, 0.2) is 6.04 Å². The van der Waals surface area contributed by atoms with E-state index in [9.17, 15) is 29.5 Å². The van der Waals surface area contributed by atoms with E-state index in [0.29, 0.717) is 18.7 Å². The van der Waals surface area contributed by atoms with Crippen LogP contribution in [0, 0.1) is 5.21 Å². The highest BCUT2D eigenvalue weighted by molar-refractivity contribution is 7.98. The molecule has 43 heavy (non-hydrogen) atoms. The van der Waals surface area contributed by atoms with Crippen LogP contribution in [-0.2, 0) is 32.0 Å². The van der Waals surface area contributed by atoms with E-state index in [0.717, 1.165) is 11.1 Å². The normalized spacial score (nSPS) is 13.9. The number of carbonyl (C=O) groups is 4. The molecule has 0 aliphatic rings. The molecule has 13 heteroatoms. The van der Waals surface area contributed by atoms with Crippen molar-refractivity contribution >= 4 is 35.4 Å². The minimum absolute atomic E-state index is 0.0294. The molecule has 2 aromatic rings. The van der Waals surface area contributed by atoms with Crippen LogP contribution in [0.5, 0.6) is 5.75 Å². The second kappa shape index (κ2) is 18.2. The van der Waals surface area contributed by atoms with Gasteiger partial charge in [-0.1, -0.05) is 42.5 Å². The Labute approximate surface area is 257 Å². The number of benzene rings is 2. The van der Waals surface area contributed by atoms with Crippen molar-refractivity contribution in [2.24, 2.45) is 5.73 Å². The summed E-state index contributed by atoms with van der Waals surface area (Å²) in [5.74, 6) is -1.64. The van der Waals surface area contributed by atoms with E-state index in [1.807, 2.05) is 36.6 Å². The van der Waals surface area contributed by atoms with E-state index in [4.69, 9.17) is 5.73 Å². The third kappa shape index (κ3) is 12.3. The van der Waals surface area contributed by atoms with E-state index in [1.54, 1.807) is 31.1 Å². The van der Waals surface area contributed by atoms with E-state index < -0.39 is 53.4 Å². The van der Waals surface area contributed by atoms with Gasteiger partial charge in [-0.05, 0) is 62.2 Å². The monoisotopic (exact) mass is 616 g/mol. The van der Waals surface area contributed by atoms with Crippen LogP contribution in [0.1, 0.15) is 17.5 Å². The first-order chi connectivity index (χ1) is 20.4. The SMILES string of the molecule is CSCC[C@@H](NC(=O)[C@@H](N)Cc1ccc(O)cc1)C(=O)NCC(=O)N(C)[C@@H](Cc1ccccc1)C(=O)[NH+]([O-])CCN(C)C. The van der Waals surface area contributed by atoms with Gasteiger partial charge in [0.05, 0.1) is 19.1 Å². The molecule has 2 rings (SSSR count). The van der Waals surface area contributed by atoms with Gasteiger partial charge in [-0.2, -0.15) is 11.8 Å². The zero-order valence-corrected chi connectivity index (χ0v) is 26.1. The molecule has 12 nitrogen and oxygen atoms in total. The maximum absolute atomic E-state index is 13.2. The van der Waals surface area contributed by atoms with Gasteiger partial charge in [0.1, 0.15) is 11.8 Å². The van der Waals surface area contributed by atoms with Gasteiger partial charge in [-0.25, -0.2) is 4.79 Å². The molecule has 0 saturated carbocycles. The van der Waals surface area contributed by atoms with Crippen LogP contribution >= 0.6 is 11.8 Å². The highest BCUT2D eigenvalue weighted by Gasteiger charge is 2.32. The Balaban J connectivity index is 2.06. The second-order valence-corrected chi connectivity index (χ2v) is 11.6. The zero-order valence-electron chi connectivity index (χ0n) is 25.2. The number of nitrogens with two attached hydrogens (primary N) is 1. The third-order valence-electron chi connectivity index (χ3n) is 6.88. The zero-order chi connectivity index (χ0) is 31.9. The fraction of sp³-hybridized carbons (Fsp3) is 0.467. The number of hydrogen-bond donors (Lipinski definition) is 5. The molecular formula is C30H44N6O6S. The second-order valence-electron chi connectivity index (χ2n) is 10.6. The topological polar surface area (TPSA) is 173 Å². The number of carbonyl (C=O) groups excluding carboxylic acids is 4. The number of phenols is 1. The standard InChI is InChI=1S/C30H44N6O6S/c1-34(2)15-16-36(42)30(41)26(19-21-8-6-5-7-9-21)35(3)27(38)20-32-29(40)25(14-17-43-4)33-28(39)24(31)18-22-10-12-23(37)13-11-22/h5-13,24-26,36-37H,14-20,31H2,1-4H3,(H,32,40)(H,33,39)/t24-,25+,26-/m0/s1. The first kappa shape index (κ1) is 35.7. The maximum atomic E-state index is 13.2. The molecule has 0 aliphatic heterocycles.